The Balaban J connectivity index is 1.67. The molecular weight excluding hydrogens is 392 g/mol. The van der Waals surface area contributed by atoms with Crippen LogP contribution in [0, 0.1) is 13.8 Å². The van der Waals surface area contributed by atoms with E-state index >= 15 is 0 Å². The van der Waals surface area contributed by atoms with Gasteiger partial charge in [0.25, 0.3) is 0 Å². The normalized spacial score (nSPS) is 21.8. The SMILES string of the molecule is [2H]c1c([2H])c(C)c(CC(=O)C([2H])([2H])N2CCN(C([2H])([2H])C([2H])(O)COc3ccccc3OC)CC2)c(C)c1[2H]. The topological polar surface area (TPSA) is 62.2 Å². The van der Waals surface area contributed by atoms with Crippen LogP contribution in [0.3, 0.4) is 0 Å². The smallest absolute Gasteiger partial charge is 0.161 e. The largest absolute Gasteiger partial charge is 0.493 e. The van der Waals surface area contributed by atoms with Crippen LogP contribution in [0.2, 0.25) is 0 Å². The summed E-state index contributed by atoms with van der Waals surface area (Å²) in [7, 11) is 1.44. The van der Waals surface area contributed by atoms with Crippen LogP contribution in [0.15, 0.2) is 42.4 Å². The molecule has 3 rings (SSSR count). The lowest BCUT2D eigenvalue weighted by atomic mass is 9.98. The molecule has 1 fully saturated rings. The lowest BCUT2D eigenvalue weighted by Gasteiger charge is -2.35. The molecule has 2 aromatic rings. The summed E-state index contributed by atoms with van der Waals surface area (Å²) in [5, 5.41) is 10.7. The molecule has 1 heterocycles. The standard InChI is InChI=1S/C25H34N2O4/c1-19-7-6-8-20(2)23(19)15-21(28)16-26-11-13-27(14-12-26)17-22(29)18-31-25-10-5-4-9-24(25)30-3/h4-10,22,29H,11-18H2,1-3H3/i6D,7D,8D,16D2,17D2,22D. The Morgan fingerprint density at radius 3 is 2.42 bits per heavy atom. The number of ketones is 1. The molecule has 0 bridgehead atoms. The molecule has 1 N–H and O–H groups in total. The maximum Gasteiger partial charge on any atom is 0.161 e. The molecule has 2 aromatic carbocycles. The van der Waals surface area contributed by atoms with Crippen molar-refractivity contribution in [1.82, 2.24) is 9.80 Å². The van der Waals surface area contributed by atoms with Crippen LogP contribution in [0.4, 0.5) is 0 Å². The fourth-order valence-electron chi connectivity index (χ4n) is 3.32. The fraction of sp³-hybridized carbons (Fsp3) is 0.480. The third-order valence-electron chi connectivity index (χ3n) is 5.03. The second kappa shape index (κ2) is 11.3. The van der Waals surface area contributed by atoms with E-state index in [1.807, 2.05) is 0 Å². The van der Waals surface area contributed by atoms with Gasteiger partial charge in [0.15, 0.2) is 17.3 Å². The Kier molecular flexibility index (Phi) is 5.32. The molecule has 1 atom stereocenters. The van der Waals surface area contributed by atoms with Crippen molar-refractivity contribution in [2.24, 2.45) is 0 Å². The van der Waals surface area contributed by atoms with Gasteiger partial charge in [0.2, 0.25) is 0 Å². The van der Waals surface area contributed by atoms with Gasteiger partial charge in [0.1, 0.15) is 12.7 Å². The van der Waals surface area contributed by atoms with Crippen LogP contribution in [-0.2, 0) is 11.2 Å². The zero-order valence-corrected chi connectivity index (χ0v) is 18.1. The number of carbonyl (C=O) groups is 1. The Bertz CT molecular complexity index is 1190. The first-order valence-corrected chi connectivity index (χ1v) is 10.1. The second-order valence-electron chi connectivity index (χ2n) is 7.29. The van der Waals surface area contributed by atoms with Gasteiger partial charge < -0.3 is 14.6 Å². The average Bonchev–Trinajstić information content (AvgIpc) is 2.91. The number of Topliss-reactive ketones (excluding diaryl/α,β-unsaturated/α-hetero) is 1. The molecule has 1 unspecified atom stereocenters. The molecule has 1 aliphatic rings. The summed E-state index contributed by atoms with van der Waals surface area (Å²) in [5.74, 6) is -0.159. The van der Waals surface area contributed by atoms with Crippen LogP contribution in [0.25, 0.3) is 0 Å². The lowest BCUT2D eigenvalue weighted by molar-refractivity contribution is -0.120. The highest BCUT2D eigenvalue weighted by Crippen LogP contribution is 2.25. The Morgan fingerprint density at radius 2 is 1.77 bits per heavy atom. The van der Waals surface area contributed by atoms with Crippen molar-refractivity contribution < 1.29 is 30.3 Å². The third-order valence-corrected chi connectivity index (χ3v) is 5.03. The number of β-amino-alcohol motifs (C(OH)–C–C–N with tert-alkyl or cyclic N) is 1. The zero-order chi connectivity index (χ0) is 29.3. The van der Waals surface area contributed by atoms with Crippen LogP contribution < -0.4 is 9.47 Å². The van der Waals surface area contributed by atoms with Gasteiger partial charge in [0, 0.05) is 41.8 Å². The van der Waals surface area contributed by atoms with E-state index in [9.17, 15) is 9.90 Å². The van der Waals surface area contributed by atoms with E-state index in [0.717, 1.165) is 0 Å². The number of hydrogen-bond donors (Lipinski definition) is 1. The van der Waals surface area contributed by atoms with E-state index in [4.69, 9.17) is 20.4 Å². The van der Waals surface area contributed by atoms with E-state index < -0.39 is 31.5 Å². The predicted octanol–water partition coefficient (Wildman–Crippen LogP) is 2.48. The number of para-hydroxylation sites is 2. The molecule has 1 aliphatic heterocycles. The van der Waals surface area contributed by atoms with Crippen LogP contribution >= 0.6 is 0 Å². The molecule has 6 nitrogen and oxygen atoms in total. The fourth-order valence-corrected chi connectivity index (χ4v) is 3.32. The van der Waals surface area contributed by atoms with Crippen molar-refractivity contribution in [2.75, 3.05) is 52.9 Å². The molecule has 168 valence electrons. The van der Waals surface area contributed by atoms with Crippen molar-refractivity contribution in [3.05, 3.63) is 59.1 Å². The van der Waals surface area contributed by atoms with Gasteiger partial charge in [-0.25, -0.2) is 0 Å². The molecule has 1 saturated heterocycles. The number of hydrogen-bond acceptors (Lipinski definition) is 6. The first-order chi connectivity index (χ1) is 18.1. The van der Waals surface area contributed by atoms with E-state index in [-0.39, 0.29) is 56.5 Å². The first kappa shape index (κ1) is 14.6. The van der Waals surface area contributed by atoms with Crippen molar-refractivity contribution in [3.63, 3.8) is 0 Å². The molecule has 0 aliphatic carbocycles. The molecule has 31 heavy (non-hydrogen) atoms. The Labute approximate surface area is 196 Å². The Morgan fingerprint density at radius 1 is 1.16 bits per heavy atom. The number of methoxy groups -OCH3 is 1. The van der Waals surface area contributed by atoms with Gasteiger partial charge in [-0.1, -0.05) is 30.3 Å². The molecular formula is C25H34N2O4. The summed E-state index contributed by atoms with van der Waals surface area (Å²) in [6, 6.07) is 6.03. The van der Waals surface area contributed by atoms with E-state index in [1.54, 1.807) is 38.1 Å². The van der Waals surface area contributed by atoms with Gasteiger partial charge in [0.05, 0.1) is 21.8 Å². The lowest BCUT2D eigenvalue weighted by Crippen LogP contribution is -2.50. The quantitative estimate of drug-likeness (QED) is 0.620. The number of aliphatic hydroxyl groups is 1. The first-order valence-electron chi connectivity index (χ1n) is 14.1. The third kappa shape index (κ3) is 6.79. The number of benzene rings is 2. The summed E-state index contributed by atoms with van der Waals surface area (Å²) in [6.07, 6.45) is -3.03. The highest BCUT2D eigenvalue weighted by molar-refractivity contribution is 5.83. The van der Waals surface area contributed by atoms with E-state index in [0.29, 0.717) is 22.4 Å². The van der Waals surface area contributed by atoms with Crippen molar-refractivity contribution in [2.45, 2.75) is 26.3 Å². The van der Waals surface area contributed by atoms with Gasteiger partial charge in [-0.3, -0.25) is 14.6 Å². The average molecular weight is 435 g/mol. The highest BCUT2D eigenvalue weighted by Gasteiger charge is 2.21. The molecule has 0 radical (unpaired) electrons. The van der Waals surface area contributed by atoms with Gasteiger partial charge in [-0.2, -0.15) is 0 Å². The number of rotatable bonds is 10. The zero-order valence-electron chi connectivity index (χ0n) is 26.1. The van der Waals surface area contributed by atoms with Crippen molar-refractivity contribution in [3.8, 4) is 11.5 Å². The molecule has 0 amide bonds. The van der Waals surface area contributed by atoms with Crippen molar-refractivity contribution in [1.29, 1.82) is 0 Å². The number of piperazine rings is 1. The van der Waals surface area contributed by atoms with Crippen LogP contribution in [-0.4, -0.2) is 79.7 Å². The van der Waals surface area contributed by atoms with E-state index in [2.05, 4.69) is 0 Å². The second-order valence-corrected chi connectivity index (χ2v) is 7.29. The number of ether oxygens (including phenoxy) is 2. The predicted molar refractivity (Wildman–Crippen MR) is 122 cm³/mol. The number of carbonyl (C=O) groups excluding carboxylic acids is 1. The van der Waals surface area contributed by atoms with Crippen LogP contribution in [0.5, 0.6) is 11.5 Å². The van der Waals surface area contributed by atoms with Gasteiger partial charge >= 0.3 is 0 Å². The summed E-state index contributed by atoms with van der Waals surface area (Å²) in [6.45, 7) is -2.71. The molecule has 0 spiro atoms. The van der Waals surface area contributed by atoms with Gasteiger partial charge in [-0.15, -0.1) is 0 Å². The van der Waals surface area contributed by atoms with Gasteiger partial charge in [-0.05, 0) is 42.7 Å². The summed E-state index contributed by atoms with van der Waals surface area (Å²) in [4.78, 5) is 15.6. The van der Waals surface area contributed by atoms with Crippen molar-refractivity contribution >= 4 is 5.78 Å². The maximum atomic E-state index is 13.1. The van der Waals surface area contributed by atoms with E-state index in [1.165, 1.54) is 16.9 Å². The summed E-state index contributed by atoms with van der Waals surface area (Å²) >= 11 is 0. The minimum Gasteiger partial charge on any atom is -0.493 e. The molecule has 0 aromatic heterocycles. The monoisotopic (exact) mass is 434 g/mol. The summed E-state index contributed by atoms with van der Waals surface area (Å²) in [5.41, 5.74) is 1.08. The Hall–Kier alpha value is -2.41. The molecule has 0 saturated carbocycles. The minimum absolute atomic E-state index is 0.0430. The number of nitrogens with zero attached hydrogens (tertiary/aromatic N) is 2. The highest BCUT2D eigenvalue weighted by atomic mass is 16.5. The maximum absolute atomic E-state index is 13.1. The van der Waals surface area contributed by atoms with Crippen LogP contribution in [0.1, 0.15) is 27.7 Å². The molecule has 6 heteroatoms. The minimum atomic E-state index is -2.67. The summed E-state index contributed by atoms with van der Waals surface area (Å²) < 4.78 is 76.8.